The summed E-state index contributed by atoms with van der Waals surface area (Å²) in [5.74, 6) is 0.916. The molecule has 0 aliphatic rings. The van der Waals surface area contributed by atoms with Gasteiger partial charge in [-0.05, 0) is 0 Å². The van der Waals surface area contributed by atoms with Crippen molar-refractivity contribution in [2.45, 2.75) is 72.6 Å². The van der Waals surface area contributed by atoms with Gasteiger partial charge >= 0.3 is 159 Å². The zero-order valence-corrected chi connectivity index (χ0v) is 19.5. The Bertz CT molecular complexity index is 634. The van der Waals surface area contributed by atoms with Crippen LogP contribution in [0.25, 0.3) is 10.9 Å². The van der Waals surface area contributed by atoms with Gasteiger partial charge in [0.15, 0.2) is 0 Å². The first-order chi connectivity index (χ1) is 12.2. The van der Waals surface area contributed by atoms with Crippen LogP contribution >= 0.6 is 0 Å². The van der Waals surface area contributed by atoms with E-state index >= 15 is 0 Å². The van der Waals surface area contributed by atoms with E-state index < -0.39 is 18.4 Å². The predicted molar refractivity (Wildman–Crippen MR) is 113 cm³/mol. The van der Waals surface area contributed by atoms with Gasteiger partial charge in [-0.25, -0.2) is 0 Å². The van der Waals surface area contributed by atoms with Gasteiger partial charge in [-0.1, -0.05) is 0 Å². The molecule has 138 valence electrons. The van der Waals surface area contributed by atoms with Crippen molar-refractivity contribution in [1.29, 1.82) is 0 Å². The van der Waals surface area contributed by atoms with Gasteiger partial charge in [-0.15, -0.1) is 0 Å². The van der Waals surface area contributed by atoms with Crippen molar-refractivity contribution in [3.8, 4) is 5.75 Å². The molecule has 1 heterocycles. The molecule has 0 aliphatic heterocycles. The molecule has 2 aromatic rings. The van der Waals surface area contributed by atoms with Gasteiger partial charge in [-0.2, -0.15) is 0 Å². The number of fused-ring (bicyclic) bond motifs is 1. The fourth-order valence-electron chi connectivity index (χ4n) is 3.83. The van der Waals surface area contributed by atoms with E-state index in [1.54, 1.807) is 7.11 Å². The molecule has 3 heteroatoms. The number of unbranched alkanes of at least 4 members (excludes halogenated alkanes) is 3. The Kier molecular flexibility index (Phi) is 8.54. The van der Waals surface area contributed by atoms with Crippen LogP contribution < -0.4 is 8.45 Å². The molecule has 0 N–H and O–H groups in total. The quantitative estimate of drug-likeness (QED) is 0.377. The summed E-state index contributed by atoms with van der Waals surface area (Å²) in [6.45, 7) is 6.99. The average molecular weight is 448 g/mol. The molecule has 0 aliphatic carbocycles. The van der Waals surface area contributed by atoms with Crippen LogP contribution in [0.4, 0.5) is 0 Å². The van der Waals surface area contributed by atoms with E-state index in [4.69, 9.17) is 9.72 Å². The number of nitrogens with zero attached hydrogens (tertiary/aromatic N) is 1. The summed E-state index contributed by atoms with van der Waals surface area (Å²) < 4.78 is 11.3. The summed E-state index contributed by atoms with van der Waals surface area (Å²) in [6.07, 6.45) is 8.06. The van der Waals surface area contributed by atoms with E-state index in [0.29, 0.717) is 0 Å². The first kappa shape index (κ1) is 20.5. The number of hydrogen-bond donors (Lipinski definition) is 0. The molecule has 25 heavy (non-hydrogen) atoms. The van der Waals surface area contributed by atoms with E-state index in [1.165, 1.54) is 60.9 Å². The van der Waals surface area contributed by atoms with Crippen molar-refractivity contribution in [3.05, 3.63) is 30.3 Å². The summed E-state index contributed by atoms with van der Waals surface area (Å²) in [6, 6.07) is 10.9. The van der Waals surface area contributed by atoms with E-state index in [1.807, 2.05) is 6.07 Å². The Labute approximate surface area is 158 Å². The van der Waals surface area contributed by atoms with Crippen molar-refractivity contribution < 1.29 is 4.74 Å². The Morgan fingerprint density at radius 2 is 1.44 bits per heavy atom. The van der Waals surface area contributed by atoms with E-state index in [0.717, 1.165) is 11.3 Å². The van der Waals surface area contributed by atoms with E-state index in [2.05, 4.69) is 45.0 Å². The van der Waals surface area contributed by atoms with Crippen LogP contribution in [0, 0.1) is 0 Å². The fourth-order valence-corrected chi connectivity index (χ4v) is 19.3. The van der Waals surface area contributed by atoms with Gasteiger partial charge in [0.25, 0.3) is 0 Å². The summed E-state index contributed by atoms with van der Waals surface area (Å²) in [5.41, 5.74) is 1.14. The van der Waals surface area contributed by atoms with Gasteiger partial charge in [0.2, 0.25) is 0 Å². The van der Waals surface area contributed by atoms with Crippen molar-refractivity contribution in [1.82, 2.24) is 4.98 Å². The Balaban J connectivity index is 2.43. The standard InChI is InChI=1S/C10H8NO.3C4H9.Sn/c1-12-9-4-5-10-8(7-9)3-2-6-11-10;3*1-3-4-2;/h2-5,7H,1H3;3*1,3-4H2,2H3;. The van der Waals surface area contributed by atoms with Crippen LogP contribution in [0.2, 0.25) is 13.3 Å². The molecule has 0 fully saturated rings. The van der Waals surface area contributed by atoms with Gasteiger partial charge in [0.1, 0.15) is 0 Å². The van der Waals surface area contributed by atoms with Crippen LogP contribution in [0.15, 0.2) is 30.3 Å². The predicted octanol–water partition coefficient (Wildman–Crippen LogP) is 6.30. The number of methoxy groups -OCH3 is 1. The Hall–Kier alpha value is -0.771. The molecular weight excluding hydrogens is 413 g/mol. The van der Waals surface area contributed by atoms with Crippen molar-refractivity contribution in [2.24, 2.45) is 0 Å². The van der Waals surface area contributed by atoms with Gasteiger partial charge in [0, 0.05) is 0 Å². The van der Waals surface area contributed by atoms with E-state index in [-0.39, 0.29) is 0 Å². The molecule has 2 nitrogen and oxygen atoms in total. The van der Waals surface area contributed by atoms with Crippen LogP contribution in [-0.2, 0) is 0 Å². The van der Waals surface area contributed by atoms with Crippen molar-refractivity contribution >= 4 is 33.0 Å². The number of benzene rings is 1. The average Bonchev–Trinajstić information content (AvgIpc) is 2.67. The Morgan fingerprint density at radius 1 is 0.840 bits per heavy atom. The normalized spacial score (nSPS) is 11.8. The second-order valence-electron chi connectivity index (χ2n) is 7.35. The number of hydrogen-bond acceptors (Lipinski definition) is 2. The first-order valence-corrected chi connectivity index (χ1v) is 17.6. The maximum atomic E-state index is 5.36. The van der Waals surface area contributed by atoms with Crippen LogP contribution in [-0.4, -0.2) is 30.5 Å². The molecule has 0 radical (unpaired) electrons. The van der Waals surface area contributed by atoms with Crippen molar-refractivity contribution in [2.75, 3.05) is 7.11 Å². The van der Waals surface area contributed by atoms with Gasteiger partial charge in [0.05, 0.1) is 0 Å². The number of aromatic nitrogens is 1. The molecule has 0 bridgehead atoms. The molecule has 1 aromatic heterocycles. The molecule has 0 spiro atoms. The van der Waals surface area contributed by atoms with Gasteiger partial charge < -0.3 is 0 Å². The van der Waals surface area contributed by atoms with Gasteiger partial charge in [-0.3, -0.25) is 0 Å². The summed E-state index contributed by atoms with van der Waals surface area (Å²) >= 11 is -2.42. The second-order valence-corrected chi connectivity index (χ2v) is 20.4. The summed E-state index contributed by atoms with van der Waals surface area (Å²) in [7, 11) is 1.73. The second kappa shape index (κ2) is 10.4. The number of ether oxygens (including phenoxy) is 1. The molecular formula is C22H35NOSn. The third-order valence-corrected chi connectivity index (χ3v) is 20.6. The Morgan fingerprint density at radius 3 is 1.96 bits per heavy atom. The fraction of sp³-hybridized carbons (Fsp3) is 0.591. The maximum absolute atomic E-state index is 5.36. The monoisotopic (exact) mass is 449 g/mol. The number of rotatable bonds is 11. The molecule has 0 atom stereocenters. The topological polar surface area (TPSA) is 22.1 Å². The molecule has 2 rings (SSSR count). The third kappa shape index (κ3) is 5.35. The third-order valence-electron chi connectivity index (χ3n) is 5.47. The molecule has 0 saturated heterocycles. The van der Waals surface area contributed by atoms with E-state index in [9.17, 15) is 0 Å². The first-order valence-electron chi connectivity index (χ1n) is 10.1. The minimum atomic E-state index is -2.42. The molecule has 0 saturated carbocycles. The zero-order valence-electron chi connectivity index (χ0n) is 16.6. The van der Waals surface area contributed by atoms with Crippen LogP contribution in [0.3, 0.4) is 0 Å². The minimum absolute atomic E-state index is 0.916. The van der Waals surface area contributed by atoms with Crippen molar-refractivity contribution in [3.63, 3.8) is 0 Å². The van der Waals surface area contributed by atoms with Crippen LogP contribution in [0.5, 0.6) is 5.75 Å². The number of pyridine rings is 1. The molecule has 0 amide bonds. The summed E-state index contributed by atoms with van der Waals surface area (Å²) in [4.78, 5) is 5.22. The zero-order chi connectivity index (χ0) is 18.1. The SMILES string of the molecule is CCC[CH2][Sn]([CH2]CCC)([CH2]CCC)[c]1ccc2cc(OC)ccc2n1. The van der Waals surface area contributed by atoms with Crippen LogP contribution in [0.1, 0.15) is 59.3 Å². The summed E-state index contributed by atoms with van der Waals surface area (Å²) in [5, 5.41) is 1.20. The molecule has 0 unspecified atom stereocenters. The molecule has 1 aromatic carbocycles.